The molecule has 1 aliphatic heterocycles. The molecule has 0 radical (unpaired) electrons. The predicted octanol–water partition coefficient (Wildman–Crippen LogP) is 2.55. The number of rotatable bonds is 6. The molecular formula is C19H24N6O3. The van der Waals surface area contributed by atoms with E-state index in [1.807, 2.05) is 31.0 Å². The summed E-state index contributed by atoms with van der Waals surface area (Å²) in [5.41, 5.74) is 4.82. The van der Waals surface area contributed by atoms with Crippen LogP contribution in [0.25, 0.3) is 0 Å². The molecule has 0 atom stereocenters. The van der Waals surface area contributed by atoms with E-state index in [2.05, 4.69) is 25.8 Å². The van der Waals surface area contributed by atoms with Gasteiger partial charge in [-0.1, -0.05) is 6.08 Å². The lowest BCUT2D eigenvalue weighted by Crippen LogP contribution is -2.27. The second kappa shape index (κ2) is 8.47. The van der Waals surface area contributed by atoms with Crippen molar-refractivity contribution in [2.24, 2.45) is 5.10 Å². The first-order valence-electron chi connectivity index (χ1n) is 8.71. The molecular weight excluding hydrogens is 360 g/mol. The zero-order valence-corrected chi connectivity index (χ0v) is 16.6. The Balaban J connectivity index is 1.87. The lowest BCUT2D eigenvalue weighted by molar-refractivity contribution is 0.324. The Labute approximate surface area is 164 Å². The van der Waals surface area contributed by atoms with Gasteiger partial charge in [0.15, 0.2) is 17.3 Å². The van der Waals surface area contributed by atoms with Gasteiger partial charge < -0.3 is 29.9 Å². The molecule has 0 spiro atoms. The Kier molecular flexibility index (Phi) is 5.83. The zero-order chi connectivity index (χ0) is 20.1. The minimum Gasteiger partial charge on any atom is -0.493 e. The van der Waals surface area contributed by atoms with Crippen LogP contribution < -0.4 is 29.9 Å². The van der Waals surface area contributed by atoms with Gasteiger partial charge in [-0.25, -0.2) is 4.98 Å². The number of methoxy groups -OCH3 is 3. The molecule has 9 nitrogen and oxygen atoms in total. The molecule has 1 aliphatic rings. The van der Waals surface area contributed by atoms with Crippen molar-refractivity contribution in [1.29, 1.82) is 0 Å². The van der Waals surface area contributed by atoms with Gasteiger partial charge in [0.1, 0.15) is 5.82 Å². The van der Waals surface area contributed by atoms with Crippen molar-refractivity contribution in [3.05, 3.63) is 36.0 Å². The summed E-state index contributed by atoms with van der Waals surface area (Å²) in [5, 5.41) is 7.52. The third-order valence-corrected chi connectivity index (χ3v) is 4.31. The van der Waals surface area contributed by atoms with E-state index in [1.54, 1.807) is 39.7 Å². The van der Waals surface area contributed by atoms with Crippen LogP contribution in [0.15, 0.2) is 41.1 Å². The molecule has 0 saturated heterocycles. The van der Waals surface area contributed by atoms with Crippen molar-refractivity contribution in [3.8, 4) is 17.2 Å². The Morgan fingerprint density at radius 2 is 1.86 bits per heavy atom. The average Bonchev–Trinajstić information content (AvgIpc) is 3.21. The van der Waals surface area contributed by atoms with Crippen LogP contribution in [0.4, 0.5) is 17.5 Å². The number of likely N-dealkylation sites (N-methyl/N-ethyl adjacent to an activating group) is 1. The maximum absolute atomic E-state index is 5.39. The number of nitrogens with zero attached hydrogens (tertiary/aromatic N) is 4. The molecule has 1 aromatic heterocycles. The van der Waals surface area contributed by atoms with Crippen molar-refractivity contribution in [3.63, 3.8) is 0 Å². The third kappa shape index (κ3) is 3.78. The summed E-state index contributed by atoms with van der Waals surface area (Å²) in [6.07, 6.45) is 3.73. The minimum atomic E-state index is 0.437. The number of amidine groups is 1. The predicted molar refractivity (Wildman–Crippen MR) is 109 cm³/mol. The summed E-state index contributed by atoms with van der Waals surface area (Å²) in [5.74, 6) is 3.60. The summed E-state index contributed by atoms with van der Waals surface area (Å²) in [7, 11) is 6.63. The van der Waals surface area contributed by atoms with Gasteiger partial charge in [-0.05, 0) is 13.0 Å². The molecule has 0 amide bonds. The van der Waals surface area contributed by atoms with E-state index >= 15 is 0 Å². The van der Waals surface area contributed by atoms with Crippen LogP contribution in [0, 0.1) is 0 Å². The van der Waals surface area contributed by atoms with Gasteiger partial charge in [0.05, 0.1) is 27.9 Å². The Hall–Kier alpha value is -3.49. The van der Waals surface area contributed by atoms with Crippen molar-refractivity contribution < 1.29 is 14.2 Å². The van der Waals surface area contributed by atoms with E-state index in [0.717, 1.165) is 11.4 Å². The van der Waals surface area contributed by atoms with Crippen LogP contribution in [-0.4, -0.2) is 50.7 Å². The summed E-state index contributed by atoms with van der Waals surface area (Å²) in [4.78, 5) is 10.8. The molecule has 9 heteroatoms. The molecule has 0 fully saturated rings. The molecule has 0 saturated carbocycles. The van der Waals surface area contributed by atoms with Gasteiger partial charge in [-0.15, -0.1) is 0 Å². The number of hydrazone groups is 1. The normalized spacial score (nSPS) is 14.3. The van der Waals surface area contributed by atoms with Gasteiger partial charge in [0.25, 0.3) is 0 Å². The van der Waals surface area contributed by atoms with Gasteiger partial charge in [-0.3, -0.25) is 0 Å². The lowest BCUT2D eigenvalue weighted by atomic mass is 10.2. The molecule has 1 aromatic carbocycles. The fourth-order valence-corrected chi connectivity index (χ4v) is 2.86. The van der Waals surface area contributed by atoms with E-state index in [9.17, 15) is 0 Å². The molecule has 148 valence electrons. The first-order chi connectivity index (χ1) is 13.6. The number of anilines is 3. The minimum absolute atomic E-state index is 0.437. The second-order valence-corrected chi connectivity index (χ2v) is 5.92. The Morgan fingerprint density at radius 3 is 2.46 bits per heavy atom. The first-order valence-corrected chi connectivity index (χ1v) is 8.71. The fourth-order valence-electron chi connectivity index (χ4n) is 2.86. The van der Waals surface area contributed by atoms with Crippen LogP contribution >= 0.6 is 0 Å². The van der Waals surface area contributed by atoms with Gasteiger partial charge >= 0.3 is 0 Å². The second-order valence-electron chi connectivity index (χ2n) is 5.92. The lowest BCUT2D eigenvalue weighted by Gasteiger charge is -2.19. The highest BCUT2D eigenvalue weighted by atomic mass is 16.5. The van der Waals surface area contributed by atoms with Gasteiger partial charge in [-0.2, -0.15) is 10.1 Å². The quantitative estimate of drug-likeness (QED) is 0.785. The topological polar surface area (TPSA) is 93.1 Å². The number of hydrogen-bond acceptors (Lipinski definition) is 9. The Morgan fingerprint density at radius 1 is 1.14 bits per heavy atom. The number of nitrogens with one attached hydrogen (secondary N) is 2. The van der Waals surface area contributed by atoms with E-state index in [0.29, 0.717) is 41.2 Å². The summed E-state index contributed by atoms with van der Waals surface area (Å²) < 4.78 is 16.1. The number of ether oxygens (including phenoxy) is 3. The van der Waals surface area contributed by atoms with Crippen LogP contribution in [0.3, 0.4) is 0 Å². The third-order valence-electron chi connectivity index (χ3n) is 4.31. The van der Waals surface area contributed by atoms with Gasteiger partial charge in [0, 0.05) is 36.6 Å². The Bertz CT molecular complexity index is 887. The van der Waals surface area contributed by atoms with Crippen LogP contribution in [0.5, 0.6) is 17.2 Å². The summed E-state index contributed by atoms with van der Waals surface area (Å²) in [6.45, 7) is 2.70. The van der Waals surface area contributed by atoms with E-state index in [1.165, 1.54) is 0 Å². The SMILES string of the molecule is CC=C1CNN=C1N(C)c1ccnc(Nc2cc(OC)c(OC)c(OC)c2)n1. The highest BCUT2D eigenvalue weighted by Crippen LogP contribution is 2.40. The van der Waals surface area contributed by atoms with Crippen molar-refractivity contribution in [2.45, 2.75) is 6.92 Å². The molecule has 0 aliphatic carbocycles. The van der Waals surface area contributed by atoms with Crippen molar-refractivity contribution in [2.75, 3.05) is 45.1 Å². The van der Waals surface area contributed by atoms with E-state index < -0.39 is 0 Å². The monoisotopic (exact) mass is 384 g/mol. The standard InChI is InChI=1S/C19H24N6O3/c1-6-12-11-21-24-18(12)25(2)16-7-8-20-19(23-16)22-13-9-14(26-3)17(28-5)15(10-13)27-4/h6-10,21H,11H2,1-5H3,(H,20,22,23). The smallest absolute Gasteiger partial charge is 0.229 e. The molecule has 2 heterocycles. The average molecular weight is 384 g/mol. The zero-order valence-electron chi connectivity index (χ0n) is 16.6. The van der Waals surface area contributed by atoms with Crippen LogP contribution in [0.2, 0.25) is 0 Å². The molecule has 2 N–H and O–H groups in total. The van der Waals surface area contributed by atoms with E-state index in [4.69, 9.17) is 14.2 Å². The summed E-state index contributed by atoms with van der Waals surface area (Å²) >= 11 is 0. The highest BCUT2D eigenvalue weighted by molar-refractivity contribution is 6.10. The molecule has 0 unspecified atom stereocenters. The van der Waals surface area contributed by atoms with Crippen LogP contribution in [-0.2, 0) is 0 Å². The number of benzene rings is 1. The largest absolute Gasteiger partial charge is 0.493 e. The maximum Gasteiger partial charge on any atom is 0.229 e. The molecule has 2 aromatic rings. The maximum atomic E-state index is 5.39. The molecule has 0 bridgehead atoms. The first kappa shape index (κ1) is 19.3. The van der Waals surface area contributed by atoms with Gasteiger partial charge in [0.2, 0.25) is 11.7 Å². The fraction of sp³-hybridized carbons (Fsp3) is 0.316. The number of aromatic nitrogens is 2. The highest BCUT2D eigenvalue weighted by Gasteiger charge is 2.19. The molecule has 28 heavy (non-hydrogen) atoms. The van der Waals surface area contributed by atoms with Crippen molar-refractivity contribution in [1.82, 2.24) is 15.4 Å². The van der Waals surface area contributed by atoms with E-state index in [-0.39, 0.29) is 0 Å². The summed E-state index contributed by atoms with van der Waals surface area (Å²) in [6, 6.07) is 5.42. The van der Waals surface area contributed by atoms with Crippen molar-refractivity contribution >= 4 is 23.3 Å². The number of hydrogen-bond donors (Lipinski definition) is 2. The molecule has 3 rings (SSSR count). The van der Waals surface area contributed by atoms with Crippen LogP contribution in [0.1, 0.15) is 6.92 Å². The number of allylic oxidation sites excluding steroid dienone is 1.